The first-order valence-electron chi connectivity index (χ1n) is 9.92. The standard InChI is InChI=1S/C21H25F2N3O3S/c1-24-21(18-13-17(22)7-8-19(18)23)20(15-29-24)30(27,28)26-11-9-25(10-12-26)14-16-5-3-2-4-6-16/h2-8,13,20-21H,9-12,14-15H2,1H3/t20-,21+/m1/s1. The molecule has 0 radical (unpaired) electrons. The Hall–Kier alpha value is -1.91. The van der Waals surface area contributed by atoms with Gasteiger partial charge < -0.3 is 0 Å². The minimum absolute atomic E-state index is 0.00807. The average Bonchev–Trinajstić information content (AvgIpc) is 3.13. The monoisotopic (exact) mass is 437 g/mol. The Balaban J connectivity index is 1.48. The van der Waals surface area contributed by atoms with Gasteiger partial charge in [0.15, 0.2) is 0 Å². The van der Waals surface area contributed by atoms with E-state index in [-0.39, 0.29) is 12.2 Å². The molecule has 2 aliphatic heterocycles. The minimum atomic E-state index is -3.77. The van der Waals surface area contributed by atoms with E-state index in [1.807, 2.05) is 30.3 Å². The van der Waals surface area contributed by atoms with Crippen LogP contribution in [0.4, 0.5) is 8.78 Å². The molecule has 2 aliphatic rings. The normalized spacial score (nSPS) is 24.4. The highest BCUT2D eigenvalue weighted by molar-refractivity contribution is 7.89. The molecular formula is C21H25F2N3O3S. The zero-order valence-corrected chi connectivity index (χ0v) is 17.6. The second-order valence-electron chi connectivity index (χ2n) is 7.70. The third kappa shape index (κ3) is 4.26. The summed E-state index contributed by atoms with van der Waals surface area (Å²) in [7, 11) is -2.22. The van der Waals surface area contributed by atoms with Gasteiger partial charge in [-0.1, -0.05) is 30.3 Å². The van der Waals surface area contributed by atoms with Crippen molar-refractivity contribution >= 4 is 10.0 Å². The highest BCUT2D eigenvalue weighted by Crippen LogP contribution is 2.36. The quantitative estimate of drug-likeness (QED) is 0.719. The molecule has 0 spiro atoms. The van der Waals surface area contributed by atoms with Crippen LogP contribution in [0, 0.1) is 11.6 Å². The maximum absolute atomic E-state index is 14.4. The first-order chi connectivity index (χ1) is 14.4. The lowest BCUT2D eigenvalue weighted by molar-refractivity contribution is -0.111. The van der Waals surface area contributed by atoms with Crippen molar-refractivity contribution in [2.45, 2.75) is 17.8 Å². The first kappa shape index (κ1) is 21.3. The van der Waals surface area contributed by atoms with Crippen LogP contribution >= 0.6 is 0 Å². The van der Waals surface area contributed by atoms with Crippen LogP contribution in [0.15, 0.2) is 48.5 Å². The third-order valence-corrected chi connectivity index (χ3v) is 8.03. The average molecular weight is 438 g/mol. The van der Waals surface area contributed by atoms with Crippen LogP contribution in [0.1, 0.15) is 17.2 Å². The van der Waals surface area contributed by atoms with Crippen LogP contribution < -0.4 is 0 Å². The molecule has 2 fully saturated rings. The van der Waals surface area contributed by atoms with Gasteiger partial charge >= 0.3 is 0 Å². The Morgan fingerprint density at radius 1 is 1.03 bits per heavy atom. The van der Waals surface area contributed by atoms with Gasteiger partial charge in [0, 0.05) is 45.3 Å². The maximum atomic E-state index is 14.4. The van der Waals surface area contributed by atoms with Gasteiger partial charge in [-0.05, 0) is 23.8 Å². The molecule has 2 heterocycles. The first-order valence-corrected chi connectivity index (χ1v) is 11.4. The number of piperazine rings is 1. The minimum Gasteiger partial charge on any atom is -0.297 e. The van der Waals surface area contributed by atoms with Crippen LogP contribution in [0.25, 0.3) is 0 Å². The van der Waals surface area contributed by atoms with Crippen molar-refractivity contribution in [1.29, 1.82) is 0 Å². The van der Waals surface area contributed by atoms with Crippen molar-refractivity contribution in [2.24, 2.45) is 0 Å². The Kier molecular flexibility index (Phi) is 6.17. The molecule has 30 heavy (non-hydrogen) atoms. The Morgan fingerprint density at radius 3 is 2.43 bits per heavy atom. The van der Waals surface area contributed by atoms with Gasteiger partial charge in [0.05, 0.1) is 12.6 Å². The predicted octanol–water partition coefficient (Wildman–Crippen LogP) is 2.40. The molecule has 9 heteroatoms. The summed E-state index contributed by atoms with van der Waals surface area (Å²) in [6, 6.07) is 12.2. The van der Waals surface area contributed by atoms with Crippen LogP contribution in [-0.4, -0.2) is 67.8 Å². The van der Waals surface area contributed by atoms with Gasteiger partial charge in [0.25, 0.3) is 0 Å². The maximum Gasteiger partial charge on any atom is 0.221 e. The summed E-state index contributed by atoms with van der Waals surface area (Å²) in [6.45, 7) is 2.60. The summed E-state index contributed by atoms with van der Waals surface area (Å²) < 4.78 is 56.3. The second-order valence-corrected chi connectivity index (χ2v) is 9.85. The summed E-state index contributed by atoms with van der Waals surface area (Å²) in [5.41, 5.74) is 1.17. The van der Waals surface area contributed by atoms with Crippen molar-refractivity contribution in [3.8, 4) is 0 Å². The third-order valence-electron chi connectivity index (χ3n) is 5.79. The molecule has 2 aromatic carbocycles. The lowest BCUT2D eigenvalue weighted by atomic mass is 10.0. The number of sulfonamides is 1. The zero-order valence-electron chi connectivity index (χ0n) is 16.7. The fraction of sp³-hybridized carbons (Fsp3) is 0.429. The fourth-order valence-electron chi connectivity index (χ4n) is 4.16. The molecule has 162 valence electrons. The van der Waals surface area contributed by atoms with E-state index in [4.69, 9.17) is 4.84 Å². The smallest absolute Gasteiger partial charge is 0.221 e. The number of rotatable bonds is 5. The Morgan fingerprint density at radius 2 is 1.73 bits per heavy atom. The largest absolute Gasteiger partial charge is 0.297 e. The number of hydrogen-bond donors (Lipinski definition) is 0. The van der Waals surface area contributed by atoms with Crippen molar-refractivity contribution in [2.75, 3.05) is 39.8 Å². The SMILES string of the molecule is CN1OC[C@@H](S(=O)(=O)N2CCN(Cc3ccccc3)CC2)[C@@H]1c1cc(F)ccc1F. The molecule has 0 aromatic heterocycles. The number of halogens is 2. The van der Waals surface area contributed by atoms with Gasteiger partial charge in [-0.15, -0.1) is 0 Å². The van der Waals surface area contributed by atoms with Crippen molar-refractivity contribution in [3.63, 3.8) is 0 Å². The highest BCUT2D eigenvalue weighted by atomic mass is 32.2. The Labute approximate surface area is 175 Å². The second kappa shape index (κ2) is 8.68. The molecule has 0 amide bonds. The van der Waals surface area contributed by atoms with E-state index in [0.29, 0.717) is 26.2 Å². The van der Waals surface area contributed by atoms with E-state index in [1.165, 1.54) is 14.9 Å². The molecule has 2 aromatic rings. The number of hydrogen-bond acceptors (Lipinski definition) is 5. The summed E-state index contributed by atoms with van der Waals surface area (Å²) in [5, 5.41) is 0.311. The molecule has 4 rings (SSSR count). The van der Waals surface area contributed by atoms with Gasteiger partial charge in [0.1, 0.15) is 16.9 Å². The van der Waals surface area contributed by atoms with Crippen LogP contribution in [-0.2, 0) is 21.4 Å². The highest BCUT2D eigenvalue weighted by Gasteiger charge is 2.47. The summed E-state index contributed by atoms with van der Waals surface area (Å²) in [6.07, 6.45) is 0. The predicted molar refractivity (Wildman–Crippen MR) is 109 cm³/mol. The molecule has 6 nitrogen and oxygen atoms in total. The Bertz CT molecular complexity index is 982. The number of hydroxylamine groups is 2. The molecule has 0 aliphatic carbocycles. The molecule has 2 saturated heterocycles. The van der Waals surface area contributed by atoms with Crippen LogP contribution in [0.5, 0.6) is 0 Å². The number of nitrogens with zero attached hydrogens (tertiary/aromatic N) is 3. The van der Waals surface area contributed by atoms with E-state index >= 15 is 0 Å². The topological polar surface area (TPSA) is 53.1 Å². The number of benzene rings is 2. The molecule has 2 atom stereocenters. The van der Waals surface area contributed by atoms with Gasteiger partial charge in [0.2, 0.25) is 10.0 Å². The molecular weight excluding hydrogens is 412 g/mol. The van der Waals surface area contributed by atoms with E-state index in [1.54, 1.807) is 7.05 Å². The van der Waals surface area contributed by atoms with Crippen molar-refractivity contribution < 1.29 is 22.0 Å². The van der Waals surface area contributed by atoms with E-state index in [9.17, 15) is 17.2 Å². The fourth-order valence-corrected chi connectivity index (χ4v) is 6.09. The molecule has 0 unspecified atom stereocenters. The molecule has 0 bridgehead atoms. The summed E-state index contributed by atoms with van der Waals surface area (Å²) in [5.74, 6) is -1.26. The lowest BCUT2D eigenvalue weighted by Gasteiger charge is -2.36. The van der Waals surface area contributed by atoms with Gasteiger partial charge in [-0.25, -0.2) is 17.2 Å². The molecule has 0 saturated carbocycles. The van der Waals surface area contributed by atoms with Crippen molar-refractivity contribution in [3.05, 3.63) is 71.3 Å². The summed E-state index contributed by atoms with van der Waals surface area (Å²) in [4.78, 5) is 7.64. The van der Waals surface area contributed by atoms with Crippen LogP contribution in [0.3, 0.4) is 0 Å². The summed E-state index contributed by atoms with van der Waals surface area (Å²) >= 11 is 0. The molecule has 0 N–H and O–H groups in total. The zero-order chi connectivity index (χ0) is 21.3. The van der Waals surface area contributed by atoms with Gasteiger partial charge in [-0.2, -0.15) is 9.37 Å². The van der Waals surface area contributed by atoms with E-state index in [0.717, 1.165) is 24.7 Å². The van der Waals surface area contributed by atoms with Crippen LogP contribution in [0.2, 0.25) is 0 Å². The van der Waals surface area contributed by atoms with E-state index in [2.05, 4.69) is 4.90 Å². The van der Waals surface area contributed by atoms with Gasteiger partial charge in [-0.3, -0.25) is 9.74 Å². The van der Waals surface area contributed by atoms with E-state index < -0.39 is 32.9 Å². The lowest BCUT2D eigenvalue weighted by Crippen LogP contribution is -2.52. The van der Waals surface area contributed by atoms with Crippen molar-refractivity contribution in [1.82, 2.24) is 14.3 Å².